The largest absolute Gasteiger partial charge is 0.477 e. The van der Waals surface area contributed by atoms with Crippen LogP contribution in [0.2, 0.25) is 0 Å². The number of carboxylic acids is 1. The van der Waals surface area contributed by atoms with Crippen LogP contribution in [0.4, 0.5) is 17.5 Å². The first kappa shape index (κ1) is 21.5. The van der Waals surface area contributed by atoms with Crippen LogP contribution in [0.3, 0.4) is 0 Å². The third kappa shape index (κ3) is 4.65. The quantitative estimate of drug-likeness (QED) is 0.417. The van der Waals surface area contributed by atoms with Gasteiger partial charge in [-0.05, 0) is 37.0 Å². The summed E-state index contributed by atoms with van der Waals surface area (Å²) in [6.45, 7) is 3.63. The highest BCUT2D eigenvalue weighted by atomic mass is 16.5. The Morgan fingerprint density at radius 1 is 1.09 bits per heavy atom. The van der Waals surface area contributed by atoms with Gasteiger partial charge in [0.05, 0.1) is 42.5 Å². The second kappa shape index (κ2) is 8.95. The highest BCUT2D eigenvalue weighted by molar-refractivity contribution is 5.86. The van der Waals surface area contributed by atoms with Gasteiger partial charge in [0.1, 0.15) is 11.5 Å². The van der Waals surface area contributed by atoms with E-state index in [9.17, 15) is 4.79 Å². The molecule has 1 aromatic carbocycles. The van der Waals surface area contributed by atoms with Crippen LogP contribution in [0.15, 0.2) is 48.8 Å². The van der Waals surface area contributed by atoms with E-state index >= 15 is 0 Å². The number of pyridine rings is 1. The predicted molar refractivity (Wildman–Crippen MR) is 131 cm³/mol. The Bertz CT molecular complexity index is 1380. The summed E-state index contributed by atoms with van der Waals surface area (Å²) in [5.41, 5.74) is 3.51. The second-order valence-corrected chi connectivity index (χ2v) is 8.94. The van der Waals surface area contributed by atoms with Crippen molar-refractivity contribution in [3.8, 4) is 11.3 Å². The van der Waals surface area contributed by atoms with E-state index < -0.39 is 5.97 Å². The second-order valence-electron chi connectivity index (χ2n) is 8.94. The summed E-state index contributed by atoms with van der Waals surface area (Å²) < 4.78 is 7.60. The van der Waals surface area contributed by atoms with Crippen molar-refractivity contribution in [1.82, 2.24) is 24.7 Å². The first-order valence-corrected chi connectivity index (χ1v) is 11.8. The zero-order chi connectivity index (χ0) is 23.8. The number of morpholine rings is 1. The van der Waals surface area contributed by atoms with Crippen molar-refractivity contribution in [1.29, 1.82) is 0 Å². The minimum absolute atomic E-state index is 0.0101. The van der Waals surface area contributed by atoms with Gasteiger partial charge in [-0.2, -0.15) is 10.1 Å². The molecule has 0 amide bonds. The highest BCUT2D eigenvalue weighted by Gasteiger charge is 2.23. The number of hydrogen-bond donors (Lipinski definition) is 2. The van der Waals surface area contributed by atoms with E-state index in [2.05, 4.69) is 43.2 Å². The lowest BCUT2D eigenvalue weighted by atomic mass is 10.1. The predicted octanol–water partition coefficient (Wildman–Crippen LogP) is 3.58. The fourth-order valence-corrected chi connectivity index (χ4v) is 4.21. The SMILES string of the molecule is O=C(O)c1ccc(Nc2cc(-c3ccc4cnn(CC5CC5)c4c3)nc(N3CCOCC3)n2)cn1. The van der Waals surface area contributed by atoms with Crippen LogP contribution in [0.5, 0.6) is 0 Å². The van der Waals surface area contributed by atoms with Crippen molar-refractivity contribution in [3.05, 3.63) is 54.5 Å². The van der Waals surface area contributed by atoms with Gasteiger partial charge in [-0.25, -0.2) is 14.8 Å². The molecule has 0 radical (unpaired) electrons. The third-order valence-electron chi connectivity index (χ3n) is 6.33. The number of aromatic nitrogens is 5. The topological polar surface area (TPSA) is 118 Å². The minimum atomic E-state index is -1.06. The summed E-state index contributed by atoms with van der Waals surface area (Å²) in [5.74, 6) is 0.889. The maximum absolute atomic E-state index is 11.1. The van der Waals surface area contributed by atoms with Gasteiger partial charge in [0.25, 0.3) is 0 Å². The molecule has 6 rings (SSSR count). The number of ether oxygens (including phenoxy) is 1. The molecule has 0 spiro atoms. The van der Waals surface area contributed by atoms with Crippen LogP contribution in [-0.4, -0.2) is 62.1 Å². The number of nitrogens with zero attached hydrogens (tertiary/aromatic N) is 6. The highest BCUT2D eigenvalue weighted by Crippen LogP contribution is 2.33. The molecule has 3 aromatic heterocycles. The number of anilines is 3. The van der Waals surface area contributed by atoms with Gasteiger partial charge < -0.3 is 20.1 Å². The van der Waals surface area contributed by atoms with Crippen molar-refractivity contribution in [2.75, 3.05) is 36.5 Å². The fraction of sp³-hybridized carbons (Fsp3) is 0.320. The molecule has 0 unspecified atom stereocenters. The van der Waals surface area contributed by atoms with E-state index in [4.69, 9.17) is 19.8 Å². The summed E-state index contributed by atoms with van der Waals surface area (Å²) in [4.78, 5) is 26.9. The minimum Gasteiger partial charge on any atom is -0.477 e. The maximum Gasteiger partial charge on any atom is 0.354 e. The van der Waals surface area contributed by atoms with E-state index in [0.717, 1.165) is 34.6 Å². The molecule has 1 aliphatic carbocycles. The van der Waals surface area contributed by atoms with E-state index in [1.165, 1.54) is 25.1 Å². The van der Waals surface area contributed by atoms with Crippen molar-refractivity contribution in [2.45, 2.75) is 19.4 Å². The molecule has 178 valence electrons. The molecular weight excluding hydrogens is 446 g/mol. The molecule has 4 aromatic rings. The average molecular weight is 472 g/mol. The zero-order valence-corrected chi connectivity index (χ0v) is 19.1. The summed E-state index contributed by atoms with van der Waals surface area (Å²) in [6, 6.07) is 11.3. The molecule has 10 nitrogen and oxygen atoms in total. The molecular formula is C25H25N7O3. The smallest absolute Gasteiger partial charge is 0.354 e. The van der Waals surface area contributed by atoms with Crippen LogP contribution in [-0.2, 0) is 11.3 Å². The first-order valence-electron chi connectivity index (χ1n) is 11.8. The number of carboxylic acid groups (broad SMARTS) is 1. The molecule has 35 heavy (non-hydrogen) atoms. The number of nitrogens with one attached hydrogen (secondary N) is 1. The van der Waals surface area contributed by atoms with Crippen LogP contribution < -0.4 is 10.2 Å². The summed E-state index contributed by atoms with van der Waals surface area (Å²) in [6.07, 6.45) is 5.95. The molecule has 0 bridgehead atoms. The Labute approximate surface area is 201 Å². The van der Waals surface area contributed by atoms with Gasteiger partial charge in [0.15, 0.2) is 0 Å². The van der Waals surface area contributed by atoms with Crippen LogP contribution in [0, 0.1) is 5.92 Å². The summed E-state index contributed by atoms with van der Waals surface area (Å²) >= 11 is 0. The number of aromatic carboxylic acids is 1. The Hall–Kier alpha value is -4.05. The molecule has 1 saturated carbocycles. The van der Waals surface area contributed by atoms with E-state index in [1.54, 1.807) is 6.07 Å². The molecule has 0 atom stereocenters. The van der Waals surface area contributed by atoms with Crippen molar-refractivity contribution in [3.63, 3.8) is 0 Å². The van der Waals surface area contributed by atoms with Crippen LogP contribution >= 0.6 is 0 Å². The molecule has 2 N–H and O–H groups in total. The van der Waals surface area contributed by atoms with Gasteiger partial charge in [-0.3, -0.25) is 4.68 Å². The molecule has 10 heteroatoms. The Balaban J connectivity index is 1.37. The third-order valence-corrected chi connectivity index (χ3v) is 6.33. The van der Waals surface area contributed by atoms with E-state index in [1.807, 2.05) is 12.3 Å². The first-order chi connectivity index (χ1) is 17.1. The monoisotopic (exact) mass is 471 g/mol. The number of carbonyl (C=O) groups is 1. The van der Waals surface area contributed by atoms with Gasteiger partial charge in [0.2, 0.25) is 5.95 Å². The molecule has 4 heterocycles. The van der Waals surface area contributed by atoms with Crippen molar-refractivity contribution < 1.29 is 14.6 Å². The van der Waals surface area contributed by atoms with Gasteiger partial charge in [-0.15, -0.1) is 0 Å². The Kier molecular flexibility index (Phi) is 5.49. The fourth-order valence-electron chi connectivity index (χ4n) is 4.21. The molecule has 2 fully saturated rings. The number of rotatable bonds is 7. The number of hydrogen-bond acceptors (Lipinski definition) is 8. The normalized spacial score (nSPS) is 15.9. The maximum atomic E-state index is 11.1. The Morgan fingerprint density at radius 3 is 2.69 bits per heavy atom. The standard InChI is InChI=1S/C25H25N7O3/c33-24(34)20-6-5-19(14-26-20)28-23-12-21(29-25(30-23)31-7-9-35-10-8-31)17-3-4-18-13-27-32(22(18)11-17)15-16-1-2-16/h3-6,11-14,16H,1-2,7-10,15H2,(H,33,34)(H,28,29,30). The summed E-state index contributed by atoms with van der Waals surface area (Å²) in [5, 5.41) is 18.1. The summed E-state index contributed by atoms with van der Waals surface area (Å²) in [7, 11) is 0. The zero-order valence-electron chi connectivity index (χ0n) is 19.1. The number of fused-ring (bicyclic) bond motifs is 1. The molecule has 2 aliphatic rings. The average Bonchev–Trinajstić information content (AvgIpc) is 3.62. The molecule has 1 saturated heterocycles. The van der Waals surface area contributed by atoms with E-state index in [-0.39, 0.29) is 5.69 Å². The van der Waals surface area contributed by atoms with E-state index in [0.29, 0.717) is 43.8 Å². The lowest BCUT2D eigenvalue weighted by molar-refractivity contribution is 0.0690. The van der Waals surface area contributed by atoms with Crippen molar-refractivity contribution >= 4 is 34.3 Å². The van der Waals surface area contributed by atoms with Gasteiger partial charge in [0, 0.05) is 36.7 Å². The van der Waals surface area contributed by atoms with Crippen LogP contribution in [0.25, 0.3) is 22.2 Å². The number of benzene rings is 1. The lowest BCUT2D eigenvalue weighted by Gasteiger charge is -2.27. The van der Waals surface area contributed by atoms with Gasteiger partial charge >= 0.3 is 5.97 Å². The van der Waals surface area contributed by atoms with Crippen molar-refractivity contribution in [2.24, 2.45) is 5.92 Å². The molecule has 1 aliphatic heterocycles. The Morgan fingerprint density at radius 2 is 1.94 bits per heavy atom. The van der Waals surface area contributed by atoms with Crippen LogP contribution in [0.1, 0.15) is 23.3 Å². The lowest BCUT2D eigenvalue weighted by Crippen LogP contribution is -2.37. The van der Waals surface area contributed by atoms with Gasteiger partial charge in [-0.1, -0.05) is 12.1 Å².